The van der Waals surface area contributed by atoms with E-state index in [4.69, 9.17) is 28.4 Å². The van der Waals surface area contributed by atoms with Gasteiger partial charge in [0.15, 0.2) is 29.3 Å². The summed E-state index contributed by atoms with van der Waals surface area (Å²) in [6.07, 6.45) is 1.36. The maximum atomic E-state index is 13.6. The second kappa shape index (κ2) is 7.36. The minimum absolute atomic E-state index is 0.176. The molecule has 31 heavy (non-hydrogen) atoms. The lowest BCUT2D eigenvalue weighted by molar-refractivity contribution is -0.110. The first-order valence-electron chi connectivity index (χ1n) is 9.68. The molecule has 0 fully saturated rings. The SMILES string of the molecule is COc1cc2c(=O)n(CC(OC)OC)c3c4cc5c(cc4cn3c2cc1OC)OCO5. The maximum Gasteiger partial charge on any atom is 0.261 e. The molecule has 3 heterocycles. The van der Waals surface area contributed by atoms with Gasteiger partial charge in [-0.2, -0.15) is 0 Å². The highest BCUT2D eigenvalue weighted by molar-refractivity contribution is 6.01. The van der Waals surface area contributed by atoms with Crippen molar-refractivity contribution in [2.24, 2.45) is 0 Å². The topological polar surface area (TPSA) is 81.8 Å². The van der Waals surface area contributed by atoms with E-state index in [1.807, 2.05) is 22.7 Å². The Labute approximate surface area is 177 Å². The van der Waals surface area contributed by atoms with Crippen LogP contribution in [0.5, 0.6) is 23.0 Å². The van der Waals surface area contributed by atoms with Gasteiger partial charge < -0.3 is 32.8 Å². The number of ether oxygens (including phenoxy) is 6. The van der Waals surface area contributed by atoms with Crippen LogP contribution in [0, 0.1) is 0 Å². The van der Waals surface area contributed by atoms with Crippen LogP contribution in [-0.2, 0) is 16.0 Å². The van der Waals surface area contributed by atoms with E-state index >= 15 is 0 Å². The first-order chi connectivity index (χ1) is 15.1. The van der Waals surface area contributed by atoms with Gasteiger partial charge in [0.25, 0.3) is 5.56 Å². The summed E-state index contributed by atoms with van der Waals surface area (Å²) in [5, 5.41) is 2.24. The molecular weight excluding hydrogens is 404 g/mol. The third-order valence-corrected chi connectivity index (χ3v) is 5.63. The van der Waals surface area contributed by atoms with Gasteiger partial charge in [0.2, 0.25) is 6.79 Å². The Morgan fingerprint density at radius 2 is 1.61 bits per heavy atom. The summed E-state index contributed by atoms with van der Waals surface area (Å²) < 4.78 is 36.4. The number of fused-ring (bicyclic) bond motifs is 6. The van der Waals surface area contributed by atoms with Gasteiger partial charge >= 0.3 is 0 Å². The predicted octanol–water partition coefficient (Wildman–Crippen LogP) is 2.77. The van der Waals surface area contributed by atoms with E-state index < -0.39 is 6.29 Å². The molecule has 4 aromatic rings. The van der Waals surface area contributed by atoms with Gasteiger partial charge in [-0.3, -0.25) is 9.36 Å². The van der Waals surface area contributed by atoms with Crippen LogP contribution in [0.1, 0.15) is 0 Å². The van der Waals surface area contributed by atoms with E-state index in [9.17, 15) is 4.79 Å². The van der Waals surface area contributed by atoms with Gasteiger partial charge in [-0.15, -0.1) is 0 Å². The number of nitrogens with zero attached hydrogens (tertiary/aromatic N) is 2. The van der Waals surface area contributed by atoms with E-state index in [0.29, 0.717) is 39.5 Å². The molecule has 0 bridgehead atoms. The van der Waals surface area contributed by atoms with Crippen molar-refractivity contribution >= 4 is 27.3 Å². The molecule has 0 aliphatic carbocycles. The third kappa shape index (κ3) is 2.88. The quantitative estimate of drug-likeness (QED) is 0.439. The molecule has 0 saturated carbocycles. The fourth-order valence-electron chi connectivity index (χ4n) is 4.09. The Kier molecular flexibility index (Phi) is 4.64. The van der Waals surface area contributed by atoms with Crippen molar-refractivity contribution in [3.63, 3.8) is 0 Å². The standard InChI is InChI=1S/C22H22N2O7/c1-26-16-7-14-15(8-17(16)27-2)23-9-12-5-18-19(31-11-30-18)6-13(12)21(23)24(22(14)25)10-20(28-3)29-4/h5-9,20H,10-11H2,1-4H3. The number of benzene rings is 2. The average molecular weight is 426 g/mol. The van der Waals surface area contributed by atoms with Gasteiger partial charge in [-0.25, -0.2) is 0 Å². The van der Waals surface area contributed by atoms with E-state index in [1.165, 1.54) is 7.11 Å². The number of aromatic nitrogens is 2. The molecule has 9 heteroatoms. The van der Waals surface area contributed by atoms with Crippen LogP contribution >= 0.6 is 0 Å². The predicted molar refractivity (Wildman–Crippen MR) is 114 cm³/mol. The van der Waals surface area contributed by atoms with Crippen molar-refractivity contribution in [1.82, 2.24) is 8.97 Å². The smallest absolute Gasteiger partial charge is 0.261 e. The van der Waals surface area contributed by atoms with Crippen molar-refractivity contribution in [2.75, 3.05) is 35.2 Å². The van der Waals surface area contributed by atoms with Crippen LogP contribution < -0.4 is 24.5 Å². The van der Waals surface area contributed by atoms with Gasteiger partial charge in [-0.1, -0.05) is 0 Å². The summed E-state index contributed by atoms with van der Waals surface area (Å²) in [5.41, 5.74) is 1.19. The van der Waals surface area contributed by atoms with Crippen LogP contribution in [0.4, 0.5) is 0 Å². The van der Waals surface area contributed by atoms with Crippen LogP contribution in [0.25, 0.3) is 27.3 Å². The number of hydrogen-bond donors (Lipinski definition) is 0. The molecule has 2 aromatic heterocycles. The lowest BCUT2D eigenvalue weighted by Gasteiger charge is -2.18. The van der Waals surface area contributed by atoms with Crippen molar-refractivity contribution in [1.29, 1.82) is 0 Å². The Balaban J connectivity index is 1.93. The molecule has 0 radical (unpaired) electrons. The number of hydrogen-bond acceptors (Lipinski definition) is 7. The summed E-state index contributed by atoms with van der Waals surface area (Å²) in [7, 11) is 6.19. The van der Waals surface area contributed by atoms with Crippen molar-refractivity contribution < 1.29 is 28.4 Å². The van der Waals surface area contributed by atoms with Gasteiger partial charge in [0, 0.05) is 37.3 Å². The van der Waals surface area contributed by atoms with Crippen molar-refractivity contribution in [3.8, 4) is 23.0 Å². The largest absolute Gasteiger partial charge is 0.493 e. The van der Waals surface area contributed by atoms with Crippen LogP contribution in [-0.4, -0.2) is 50.5 Å². The first kappa shape index (κ1) is 19.5. The highest BCUT2D eigenvalue weighted by Gasteiger charge is 2.22. The monoisotopic (exact) mass is 426 g/mol. The summed E-state index contributed by atoms with van der Waals surface area (Å²) in [6, 6.07) is 7.30. The zero-order valence-electron chi connectivity index (χ0n) is 17.6. The fraction of sp³-hybridized carbons (Fsp3) is 0.318. The molecule has 0 unspecified atom stereocenters. The van der Waals surface area contributed by atoms with Crippen molar-refractivity contribution in [3.05, 3.63) is 40.8 Å². The Morgan fingerprint density at radius 3 is 2.29 bits per heavy atom. The Bertz CT molecular complexity index is 1370. The maximum absolute atomic E-state index is 13.6. The highest BCUT2D eigenvalue weighted by atomic mass is 16.7. The summed E-state index contributed by atoms with van der Waals surface area (Å²) in [4.78, 5) is 13.6. The molecule has 162 valence electrons. The molecule has 1 aliphatic heterocycles. The van der Waals surface area contributed by atoms with Gasteiger partial charge in [-0.05, 0) is 18.2 Å². The van der Waals surface area contributed by atoms with Gasteiger partial charge in [0.1, 0.15) is 5.65 Å². The second-order valence-electron chi connectivity index (χ2n) is 7.16. The molecule has 0 spiro atoms. The molecule has 5 rings (SSSR count). The molecule has 0 N–H and O–H groups in total. The van der Waals surface area contributed by atoms with Crippen LogP contribution in [0.2, 0.25) is 0 Å². The minimum atomic E-state index is -0.599. The fourth-order valence-corrected chi connectivity index (χ4v) is 4.09. The summed E-state index contributed by atoms with van der Waals surface area (Å²) >= 11 is 0. The van der Waals surface area contributed by atoms with E-state index in [0.717, 1.165) is 10.8 Å². The van der Waals surface area contributed by atoms with Crippen LogP contribution in [0.15, 0.2) is 35.3 Å². The van der Waals surface area contributed by atoms with E-state index in [-0.39, 0.29) is 18.9 Å². The summed E-state index contributed by atoms with van der Waals surface area (Å²) in [5.74, 6) is 2.33. The molecule has 0 atom stereocenters. The summed E-state index contributed by atoms with van der Waals surface area (Å²) in [6.45, 7) is 0.377. The minimum Gasteiger partial charge on any atom is -0.493 e. The average Bonchev–Trinajstić information content (AvgIpc) is 3.40. The molecule has 0 saturated heterocycles. The van der Waals surface area contributed by atoms with Crippen molar-refractivity contribution in [2.45, 2.75) is 12.8 Å². The lowest BCUT2D eigenvalue weighted by Crippen LogP contribution is -2.30. The molecule has 1 aliphatic rings. The Hall–Kier alpha value is -3.43. The molecular formula is C22H22N2O7. The normalized spacial score (nSPS) is 13.1. The second-order valence-corrected chi connectivity index (χ2v) is 7.16. The van der Waals surface area contributed by atoms with Gasteiger partial charge in [0.05, 0.1) is 31.7 Å². The highest BCUT2D eigenvalue weighted by Crippen LogP contribution is 2.39. The number of methoxy groups -OCH3 is 4. The van der Waals surface area contributed by atoms with E-state index in [2.05, 4.69) is 0 Å². The first-order valence-corrected chi connectivity index (χ1v) is 9.68. The van der Waals surface area contributed by atoms with E-state index in [1.54, 1.807) is 38.0 Å². The van der Waals surface area contributed by atoms with Crippen LogP contribution in [0.3, 0.4) is 0 Å². The molecule has 2 aromatic carbocycles. The zero-order chi connectivity index (χ0) is 21.7. The molecule has 9 nitrogen and oxygen atoms in total. The molecule has 0 amide bonds. The Morgan fingerprint density at radius 1 is 0.935 bits per heavy atom. The zero-order valence-corrected chi connectivity index (χ0v) is 17.6. The lowest BCUT2D eigenvalue weighted by atomic mass is 10.2. The number of rotatable bonds is 6. The third-order valence-electron chi connectivity index (χ3n) is 5.63.